The molecular weight excluding hydrogens is 360 g/mol. The Morgan fingerprint density at radius 3 is 2.75 bits per heavy atom. The highest BCUT2D eigenvalue weighted by molar-refractivity contribution is 5.91. The summed E-state index contributed by atoms with van der Waals surface area (Å²) in [5.41, 5.74) is 1.41. The lowest BCUT2D eigenvalue weighted by atomic mass is 9.79. The van der Waals surface area contributed by atoms with Crippen LogP contribution in [0.3, 0.4) is 0 Å². The van der Waals surface area contributed by atoms with Gasteiger partial charge in [0.15, 0.2) is 0 Å². The molecule has 0 fully saturated rings. The standard InChI is InChI=1S/C21H22N2O5/c1-28-18-9-10-19-16(13-18)3-2-12-21(19,25)14-22-20(24)11-6-15-4-7-17(8-5-15)23(26)27/h4-11,13,25H,2-3,12,14H2,1H3,(H,22,24)/b11-6+. The van der Waals surface area contributed by atoms with Gasteiger partial charge in [0.1, 0.15) is 11.4 Å². The van der Waals surface area contributed by atoms with Crippen molar-refractivity contribution in [2.75, 3.05) is 13.7 Å². The molecule has 1 amide bonds. The van der Waals surface area contributed by atoms with E-state index in [0.29, 0.717) is 12.0 Å². The van der Waals surface area contributed by atoms with Crippen molar-refractivity contribution in [2.24, 2.45) is 0 Å². The molecular formula is C21H22N2O5. The molecule has 0 bridgehead atoms. The highest BCUT2D eigenvalue weighted by Gasteiger charge is 2.34. The van der Waals surface area contributed by atoms with Gasteiger partial charge in [0, 0.05) is 18.2 Å². The Kier molecular flexibility index (Phi) is 5.75. The second kappa shape index (κ2) is 8.22. The normalized spacial score (nSPS) is 18.5. The van der Waals surface area contributed by atoms with Crippen LogP contribution in [-0.4, -0.2) is 29.6 Å². The molecule has 146 valence electrons. The molecule has 3 rings (SSSR count). The van der Waals surface area contributed by atoms with Crippen LogP contribution in [0, 0.1) is 10.1 Å². The maximum absolute atomic E-state index is 12.2. The molecule has 0 saturated heterocycles. The lowest BCUT2D eigenvalue weighted by Crippen LogP contribution is -2.42. The second-order valence-corrected chi connectivity index (χ2v) is 6.81. The lowest BCUT2D eigenvalue weighted by molar-refractivity contribution is -0.384. The van der Waals surface area contributed by atoms with Crippen LogP contribution in [0.5, 0.6) is 5.75 Å². The first kappa shape index (κ1) is 19.6. The van der Waals surface area contributed by atoms with Gasteiger partial charge in [0.2, 0.25) is 5.91 Å². The molecule has 0 radical (unpaired) electrons. The molecule has 0 aromatic heterocycles. The molecule has 2 aromatic rings. The van der Waals surface area contributed by atoms with Crippen LogP contribution in [0.2, 0.25) is 0 Å². The molecule has 1 atom stereocenters. The van der Waals surface area contributed by atoms with Gasteiger partial charge in [-0.15, -0.1) is 0 Å². The van der Waals surface area contributed by atoms with Crippen LogP contribution in [0.1, 0.15) is 29.5 Å². The van der Waals surface area contributed by atoms with Crippen LogP contribution in [0.4, 0.5) is 5.69 Å². The number of nitrogens with one attached hydrogen (secondary N) is 1. The van der Waals surface area contributed by atoms with Crippen molar-refractivity contribution >= 4 is 17.7 Å². The van der Waals surface area contributed by atoms with Crippen molar-refractivity contribution in [3.05, 3.63) is 75.3 Å². The average molecular weight is 382 g/mol. The number of non-ortho nitro benzene ring substituents is 1. The van der Waals surface area contributed by atoms with Crippen LogP contribution in [0.15, 0.2) is 48.5 Å². The fourth-order valence-corrected chi connectivity index (χ4v) is 3.42. The number of benzene rings is 2. The Labute approximate surface area is 162 Å². The quantitative estimate of drug-likeness (QED) is 0.454. The lowest BCUT2D eigenvalue weighted by Gasteiger charge is -2.34. The predicted octanol–water partition coefficient (Wildman–Crippen LogP) is 2.96. The van der Waals surface area contributed by atoms with E-state index in [1.54, 1.807) is 25.3 Å². The van der Waals surface area contributed by atoms with Crippen molar-refractivity contribution in [2.45, 2.75) is 24.9 Å². The Hall–Kier alpha value is -3.19. The predicted molar refractivity (Wildman–Crippen MR) is 105 cm³/mol. The maximum atomic E-state index is 12.2. The molecule has 2 N–H and O–H groups in total. The first-order valence-corrected chi connectivity index (χ1v) is 9.01. The number of carbonyl (C=O) groups is 1. The van der Waals surface area contributed by atoms with E-state index in [2.05, 4.69) is 5.32 Å². The number of rotatable bonds is 6. The molecule has 1 unspecified atom stereocenters. The third-order valence-corrected chi connectivity index (χ3v) is 4.94. The third-order valence-electron chi connectivity index (χ3n) is 4.94. The van der Waals surface area contributed by atoms with E-state index in [4.69, 9.17) is 4.74 Å². The molecule has 2 aromatic carbocycles. The number of nitro benzene ring substituents is 1. The van der Waals surface area contributed by atoms with Crippen molar-refractivity contribution in [1.82, 2.24) is 5.32 Å². The number of carbonyl (C=O) groups excluding carboxylic acids is 1. The summed E-state index contributed by atoms with van der Waals surface area (Å²) in [4.78, 5) is 22.3. The summed E-state index contributed by atoms with van der Waals surface area (Å²) in [5.74, 6) is 0.408. The summed E-state index contributed by atoms with van der Waals surface area (Å²) in [6.07, 6.45) is 5.18. The number of amides is 1. The fraction of sp³-hybridized carbons (Fsp3) is 0.286. The highest BCUT2D eigenvalue weighted by atomic mass is 16.6. The van der Waals surface area contributed by atoms with Crippen molar-refractivity contribution < 1.29 is 19.6 Å². The molecule has 0 heterocycles. The number of ether oxygens (including phenoxy) is 1. The first-order chi connectivity index (χ1) is 13.4. The van der Waals surface area contributed by atoms with Gasteiger partial charge in [-0.1, -0.05) is 6.07 Å². The first-order valence-electron chi connectivity index (χ1n) is 9.01. The van der Waals surface area contributed by atoms with Gasteiger partial charge in [-0.2, -0.15) is 0 Å². The van der Waals surface area contributed by atoms with Crippen LogP contribution >= 0.6 is 0 Å². The number of hydrogen-bond acceptors (Lipinski definition) is 5. The van der Waals surface area contributed by atoms with Crippen LogP contribution in [0.25, 0.3) is 6.08 Å². The average Bonchev–Trinajstić information content (AvgIpc) is 2.71. The summed E-state index contributed by atoms with van der Waals surface area (Å²) in [6.45, 7) is 0.107. The minimum atomic E-state index is -1.11. The largest absolute Gasteiger partial charge is 0.497 e. The van der Waals surface area contributed by atoms with Crippen molar-refractivity contribution in [3.8, 4) is 5.75 Å². The summed E-state index contributed by atoms with van der Waals surface area (Å²) < 4.78 is 5.24. The zero-order valence-electron chi connectivity index (χ0n) is 15.6. The van der Waals surface area contributed by atoms with Crippen molar-refractivity contribution in [3.63, 3.8) is 0 Å². The van der Waals surface area contributed by atoms with E-state index in [9.17, 15) is 20.0 Å². The number of fused-ring (bicyclic) bond motifs is 1. The SMILES string of the molecule is COc1ccc2c(c1)CCCC2(O)CNC(=O)/C=C/c1ccc([N+](=O)[O-])cc1. The van der Waals surface area contributed by atoms with Crippen molar-refractivity contribution in [1.29, 1.82) is 0 Å². The van der Waals surface area contributed by atoms with E-state index in [-0.39, 0.29) is 18.1 Å². The Morgan fingerprint density at radius 2 is 2.07 bits per heavy atom. The number of nitro groups is 1. The van der Waals surface area contributed by atoms with Gasteiger partial charge in [-0.25, -0.2) is 0 Å². The minimum absolute atomic E-state index is 0.00332. The molecule has 28 heavy (non-hydrogen) atoms. The minimum Gasteiger partial charge on any atom is -0.497 e. The summed E-state index contributed by atoms with van der Waals surface area (Å²) in [6, 6.07) is 11.5. The highest BCUT2D eigenvalue weighted by Crippen LogP contribution is 2.36. The van der Waals surface area contributed by atoms with Crippen LogP contribution < -0.4 is 10.1 Å². The topological polar surface area (TPSA) is 102 Å². The number of nitrogens with zero attached hydrogens (tertiary/aromatic N) is 1. The molecule has 0 spiro atoms. The van der Waals surface area contributed by atoms with E-state index < -0.39 is 10.5 Å². The summed E-state index contributed by atoms with van der Waals surface area (Å²) >= 11 is 0. The van der Waals surface area contributed by atoms with Gasteiger partial charge < -0.3 is 15.2 Å². The number of methoxy groups -OCH3 is 1. The van der Waals surface area contributed by atoms with E-state index in [1.807, 2.05) is 18.2 Å². The molecule has 1 aliphatic rings. The third kappa shape index (κ3) is 4.37. The Bertz CT molecular complexity index is 908. The molecule has 0 saturated carbocycles. The van der Waals surface area contributed by atoms with Gasteiger partial charge in [-0.3, -0.25) is 14.9 Å². The second-order valence-electron chi connectivity index (χ2n) is 6.81. The number of aliphatic hydroxyl groups is 1. The maximum Gasteiger partial charge on any atom is 0.269 e. The molecule has 0 aliphatic heterocycles. The van der Waals surface area contributed by atoms with E-state index >= 15 is 0 Å². The van der Waals surface area contributed by atoms with Gasteiger partial charge in [-0.05, 0) is 66.3 Å². The van der Waals surface area contributed by atoms with E-state index in [1.165, 1.54) is 18.2 Å². The van der Waals surface area contributed by atoms with Gasteiger partial charge in [0.25, 0.3) is 5.69 Å². The smallest absolute Gasteiger partial charge is 0.269 e. The molecule has 7 heteroatoms. The van der Waals surface area contributed by atoms with Gasteiger partial charge in [0.05, 0.1) is 18.6 Å². The molecule has 1 aliphatic carbocycles. The monoisotopic (exact) mass is 382 g/mol. The van der Waals surface area contributed by atoms with Crippen LogP contribution in [-0.2, 0) is 16.8 Å². The Balaban J connectivity index is 1.64. The number of hydrogen-bond donors (Lipinski definition) is 2. The zero-order valence-corrected chi connectivity index (χ0v) is 15.6. The fourth-order valence-electron chi connectivity index (χ4n) is 3.42. The van der Waals surface area contributed by atoms with E-state index in [0.717, 1.165) is 29.7 Å². The number of aryl methyl sites for hydroxylation is 1. The molecule has 7 nitrogen and oxygen atoms in total. The van der Waals surface area contributed by atoms with Gasteiger partial charge >= 0.3 is 0 Å². The Morgan fingerprint density at radius 1 is 1.32 bits per heavy atom. The summed E-state index contributed by atoms with van der Waals surface area (Å²) in [7, 11) is 1.61. The summed E-state index contributed by atoms with van der Waals surface area (Å²) in [5, 5.41) is 24.5. The zero-order chi connectivity index (χ0) is 20.1.